The summed E-state index contributed by atoms with van der Waals surface area (Å²) in [6, 6.07) is 12.3. The minimum absolute atomic E-state index is 0.0787. The first-order valence-electron chi connectivity index (χ1n) is 7.46. The Morgan fingerprint density at radius 1 is 1.08 bits per heavy atom. The van der Waals surface area contributed by atoms with Gasteiger partial charge in [-0.3, -0.25) is 4.79 Å². The van der Waals surface area contributed by atoms with Crippen molar-refractivity contribution in [1.82, 2.24) is 0 Å². The van der Waals surface area contributed by atoms with Crippen LogP contribution in [0.3, 0.4) is 0 Å². The van der Waals surface area contributed by atoms with Crippen molar-refractivity contribution in [2.24, 2.45) is 0 Å². The molecule has 1 unspecified atom stereocenters. The number of rotatable bonds is 4. The lowest BCUT2D eigenvalue weighted by Gasteiger charge is -2.11. The fourth-order valence-electron chi connectivity index (χ4n) is 2.49. The number of halogens is 1. The number of fused-ring (bicyclic) bond motifs is 1. The van der Waals surface area contributed by atoms with Gasteiger partial charge < -0.3 is 9.15 Å². The number of aryl methyl sites for hydroxylation is 1. The number of hydrogen-bond donors (Lipinski definition) is 0. The average molecular weight is 326 g/mol. The predicted octanol–water partition coefficient (Wildman–Crippen LogP) is 4.31. The summed E-state index contributed by atoms with van der Waals surface area (Å²) < 4.78 is 23.7. The third kappa shape index (κ3) is 2.93. The Bertz CT molecular complexity index is 909. The van der Waals surface area contributed by atoms with Crippen molar-refractivity contribution in [3.05, 3.63) is 71.2 Å². The van der Waals surface area contributed by atoms with Gasteiger partial charge in [0.15, 0.2) is 6.10 Å². The first-order valence-corrected chi connectivity index (χ1v) is 7.46. The molecule has 0 radical (unpaired) electrons. The molecule has 0 aliphatic heterocycles. The number of para-hydroxylation sites is 1. The predicted molar refractivity (Wildman–Crippen MR) is 86.6 cm³/mol. The number of carbonyl (C=O) groups is 2. The Kier molecular flexibility index (Phi) is 4.16. The largest absolute Gasteiger partial charge is 0.449 e. The fourth-order valence-corrected chi connectivity index (χ4v) is 2.49. The van der Waals surface area contributed by atoms with Gasteiger partial charge >= 0.3 is 5.97 Å². The molecule has 3 rings (SSSR count). The van der Waals surface area contributed by atoms with Gasteiger partial charge in [-0.15, -0.1) is 0 Å². The summed E-state index contributed by atoms with van der Waals surface area (Å²) in [5, 5.41) is 0.821. The minimum atomic E-state index is -1.00. The first kappa shape index (κ1) is 15.9. The lowest BCUT2D eigenvalue weighted by molar-refractivity contribution is 0.0290. The van der Waals surface area contributed by atoms with Gasteiger partial charge in [0.1, 0.15) is 11.4 Å². The third-order valence-corrected chi connectivity index (χ3v) is 3.81. The van der Waals surface area contributed by atoms with Gasteiger partial charge in [0, 0.05) is 16.5 Å². The summed E-state index contributed by atoms with van der Waals surface area (Å²) in [5.41, 5.74) is 1.52. The molecule has 0 amide bonds. The van der Waals surface area contributed by atoms with Gasteiger partial charge in [-0.1, -0.05) is 18.2 Å². The number of Topliss-reactive ketones (excluding diaryl/α,β-unsaturated/α-hetero) is 1. The van der Waals surface area contributed by atoms with E-state index in [2.05, 4.69) is 0 Å². The molecule has 1 aromatic heterocycles. The summed E-state index contributed by atoms with van der Waals surface area (Å²) in [7, 11) is 0. The number of carbonyl (C=O) groups excluding carboxylic acids is 2. The standard InChI is InChI=1S/C19H15FO4/c1-11-15-5-3-4-6-16(15)24-18(11)19(22)23-12(2)17(21)13-7-9-14(20)10-8-13/h3-10,12H,1-2H3. The van der Waals surface area contributed by atoms with Crippen molar-refractivity contribution in [2.45, 2.75) is 20.0 Å². The number of furan rings is 1. The highest BCUT2D eigenvalue weighted by molar-refractivity contribution is 6.02. The van der Waals surface area contributed by atoms with Crippen LogP contribution in [-0.4, -0.2) is 17.9 Å². The zero-order chi connectivity index (χ0) is 17.3. The molecule has 5 heteroatoms. The van der Waals surface area contributed by atoms with Gasteiger partial charge in [0.2, 0.25) is 11.5 Å². The van der Waals surface area contributed by atoms with Crippen LogP contribution in [-0.2, 0) is 4.74 Å². The molecule has 0 saturated carbocycles. The van der Waals surface area contributed by atoms with E-state index in [1.807, 2.05) is 12.1 Å². The van der Waals surface area contributed by atoms with Crippen molar-refractivity contribution < 1.29 is 23.1 Å². The second-order valence-electron chi connectivity index (χ2n) is 5.47. The van der Waals surface area contributed by atoms with Crippen LogP contribution in [0, 0.1) is 12.7 Å². The maximum atomic E-state index is 12.9. The highest BCUT2D eigenvalue weighted by Gasteiger charge is 2.24. The molecule has 0 spiro atoms. The Hall–Kier alpha value is -2.95. The van der Waals surface area contributed by atoms with Gasteiger partial charge in [0.25, 0.3) is 0 Å². The fraction of sp³-hybridized carbons (Fsp3) is 0.158. The van der Waals surface area contributed by atoms with E-state index in [-0.39, 0.29) is 11.3 Å². The molecule has 1 heterocycles. The summed E-state index contributed by atoms with van der Waals surface area (Å²) in [5.74, 6) is -1.46. The van der Waals surface area contributed by atoms with E-state index in [0.29, 0.717) is 11.1 Å². The van der Waals surface area contributed by atoms with Crippen LogP contribution in [0.4, 0.5) is 4.39 Å². The zero-order valence-electron chi connectivity index (χ0n) is 13.2. The average Bonchev–Trinajstić information content (AvgIpc) is 2.92. The Morgan fingerprint density at radius 2 is 1.75 bits per heavy atom. The molecular weight excluding hydrogens is 311 g/mol. The smallest absolute Gasteiger partial charge is 0.375 e. The van der Waals surface area contributed by atoms with Crippen LogP contribution < -0.4 is 0 Å². The second kappa shape index (κ2) is 6.28. The molecule has 3 aromatic rings. The summed E-state index contributed by atoms with van der Waals surface area (Å²) in [6.07, 6.45) is -1.00. The summed E-state index contributed by atoms with van der Waals surface area (Å²) >= 11 is 0. The summed E-state index contributed by atoms with van der Waals surface area (Å²) in [6.45, 7) is 3.23. The van der Waals surface area contributed by atoms with Gasteiger partial charge in [-0.05, 0) is 44.2 Å². The monoisotopic (exact) mass is 326 g/mol. The molecule has 0 saturated heterocycles. The van der Waals surface area contributed by atoms with E-state index in [0.717, 1.165) is 5.39 Å². The molecule has 1 atom stereocenters. The Labute approximate surface area is 137 Å². The molecule has 24 heavy (non-hydrogen) atoms. The maximum Gasteiger partial charge on any atom is 0.375 e. The Morgan fingerprint density at radius 3 is 2.42 bits per heavy atom. The van der Waals surface area contributed by atoms with E-state index in [4.69, 9.17) is 9.15 Å². The van der Waals surface area contributed by atoms with Gasteiger partial charge in [0.05, 0.1) is 0 Å². The van der Waals surface area contributed by atoms with Crippen molar-refractivity contribution >= 4 is 22.7 Å². The SMILES string of the molecule is Cc1c(C(=O)OC(C)C(=O)c2ccc(F)cc2)oc2ccccc12. The second-order valence-corrected chi connectivity index (χ2v) is 5.47. The van der Waals surface area contributed by atoms with Gasteiger partial charge in [-0.25, -0.2) is 9.18 Å². The number of hydrogen-bond acceptors (Lipinski definition) is 4. The van der Waals surface area contributed by atoms with E-state index in [1.165, 1.54) is 31.2 Å². The number of esters is 1. The number of benzene rings is 2. The van der Waals surface area contributed by atoms with Crippen LogP contribution in [0.25, 0.3) is 11.0 Å². The third-order valence-electron chi connectivity index (χ3n) is 3.81. The maximum absolute atomic E-state index is 12.9. The van der Waals surface area contributed by atoms with Crippen LogP contribution in [0.5, 0.6) is 0 Å². The van der Waals surface area contributed by atoms with Crippen LogP contribution in [0.2, 0.25) is 0 Å². The highest BCUT2D eigenvalue weighted by Crippen LogP contribution is 2.25. The van der Waals surface area contributed by atoms with E-state index in [9.17, 15) is 14.0 Å². The zero-order valence-corrected chi connectivity index (χ0v) is 13.2. The normalized spacial score (nSPS) is 12.1. The molecule has 2 aromatic carbocycles. The van der Waals surface area contributed by atoms with E-state index in [1.54, 1.807) is 19.1 Å². The van der Waals surface area contributed by atoms with Crippen LogP contribution in [0.1, 0.15) is 33.4 Å². The minimum Gasteiger partial charge on any atom is -0.449 e. The molecule has 0 fully saturated rings. The van der Waals surface area contributed by atoms with E-state index < -0.39 is 23.7 Å². The molecule has 4 nitrogen and oxygen atoms in total. The molecule has 122 valence electrons. The van der Waals surface area contributed by atoms with Crippen molar-refractivity contribution in [3.8, 4) is 0 Å². The first-order chi connectivity index (χ1) is 11.5. The molecule has 0 N–H and O–H groups in total. The molecular formula is C19H15FO4. The van der Waals surface area contributed by atoms with Gasteiger partial charge in [-0.2, -0.15) is 0 Å². The van der Waals surface area contributed by atoms with Crippen molar-refractivity contribution in [2.75, 3.05) is 0 Å². The molecule has 0 aliphatic carbocycles. The Balaban J connectivity index is 1.79. The van der Waals surface area contributed by atoms with Crippen LogP contribution in [0.15, 0.2) is 52.9 Å². The topological polar surface area (TPSA) is 56.5 Å². The number of ether oxygens (including phenoxy) is 1. The van der Waals surface area contributed by atoms with Crippen molar-refractivity contribution in [1.29, 1.82) is 0 Å². The lowest BCUT2D eigenvalue weighted by Crippen LogP contribution is -2.24. The molecule has 0 aliphatic rings. The highest BCUT2D eigenvalue weighted by atomic mass is 19.1. The van der Waals surface area contributed by atoms with Crippen LogP contribution >= 0.6 is 0 Å². The molecule has 0 bridgehead atoms. The van der Waals surface area contributed by atoms with E-state index >= 15 is 0 Å². The van der Waals surface area contributed by atoms with Crippen molar-refractivity contribution in [3.63, 3.8) is 0 Å². The summed E-state index contributed by atoms with van der Waals surface area (Å²) in [4.78, 5) is 24.6. The quantitative estimate of drug-likeness (QED) is 0.529. The number of ketones is 1. The lowest BCUT2D eigenvalue weighted by atomic mass is 10.1.